The topological polar surface area (TPSA) is 85.8 Å². The molecular formula is C23H22ClN5O2. The molecule has 1 amide bonds. The van der Waals surface area contributed by atoms with Crippen LogP contribution in [0.25, 0.3) is 11.5 Å². The minimum Gasteiger partial charge on any atom is -0.441 e. The van der Waals surface area contributed by atoms with E-state index < -0.39 is 0 Å². The number of hydrogen-bond donors (Lipinski definition) is 1. The van der Waals surface area contributed by atoms with Crippen LogP contribution in [0.15, 0.2) is 52.9 Å². The van der Waals surface area contributed by atoms with Crippen LogP contribution in [-0.2, 0) is 13.0 Å². The number of aromatic nitrogens is 4. The summed E-state index contributed by atoms with van der Waals surface area (Å²) in [4.78, 5) is 17.4. The second-order valence-corrected chi connectivity index (χ2v) is 7.61. The van der Waals surface area contributed by atoms with Gasteiger partial charge in [-0.2, -0.15) is 0 Å². The molecule has 0 fully saturated rings. The summed E-state index contributed by atoms with van der Waals surface area (Å²) < 4.78 is 7.46. The molecule has 0 spiro atoms. The number of halogens is 1. The minimum atomic E-state index is -0.291. The first kappa shape index (κ1) is 20.8. The maximum Gasteiger partial charge on any atom is 0.278 e. The van der Waals surface area contributed by atoms with Crippen LogP contribution in [0.4, 0.5) is 5.69 Å². The van der Waals surface area contributed by atoms with Crippen molar-refractivity contribution in [2.24, 2.45) is 0 Å². The zero-order valence-corrected chi connectivity index (χ0v) is 18.3. The van der Waals surface area contributed by atoms with Gasteiger partial charge in [0.25, 0.3) is 5.91 Å². The third-order valence-electron chi connectivity index (χ3n) is 5.11. The Bertz CT molecular complexity index is 1240. The van der Waals surface area contributed by atoms with Gasteiger partial charge in [-0.3, -0.25) is 4.79 Å². The van der Waals surface area contributed by atoms with Crippen molar-refractivity contribution in [3.63, 3.8) is 0 Å². The van der Waals surface area contributed by atoms with E-state index in [0.29, 0.717) is 34.6 Å². The van der Waals surface area contributed by atoms with Crippen LogP contribution in [0.3, 0.4) is 0 Å². The minimum absolute atomic E-state index is 0.280. The lowest BCUT2D eigenvalue weighted by Gasteiger charge is -2.08. The van der Waals surface area contributed by atoms with E-state index in [4.69, 9.17) is 16.0 Å². The molecule has 2 aromatic carbocycles. The Morgan fingerprint density at radius 1 is 1.16 bits per heavy atom. The fourth-order valence-electron chi connectivity index (χ4n) is 3.31. The highest BCUT2D eigenvalue weighted by atomic mass is 35.5. The number of nitrogens with one attached hydrogen (secondary N) is 1. The Balaban J connectivity index is 1.54. The fraction of sp³-hybridized carbons (Fsp3) is 0.217. The number of benzene rings is 2. The smallest absolute Gasteiger partial charge is 0.278 e. The Labute approximate surface area is 185 Å². The molecule has 2 heterocycles. The molecule has 0 aliphatic heterocycles. The molecule has 2 aromatic heterocycles. The highest BCUT2D eigenvalue weighted by molar-refractivity contribution is 6.30. The van der Waals surface area contributed by atoms with Crippen LogP contribution in [0.2, 0.25) is 5.02 Å². The highest BCUT2D eigenvalue weighted by Crippen LogP contribution is 2.25. The van der Waals surface area contributed by atoms with Crippen molar-refractivity contribution in [1.29, 1.82) is 0 Å². The Hall–Kier alpha value is -3.45. The number of nitrogens with zero attached hydrogens (tertiary/aromatic N) is 4. The summed E-state index contributed by atoms with van der Waals surface area (Å²) in [5.41, 5.74) is 4.29. The summed E-state index contributed by atoms with van der Waals surface area (Å²) in [7, 11) is 0. The maximum atomic E-state index is 12.8. The van der Waals surface area contributed by atoms with Crippen molar-refractivity contribution in [1.82, 2.24) is 20.0 Å². The molecule has 0 saturated carbocycles. The first-order valence-electron chi connectivity index (χ1n) is 9.97. The van der Waals surface area contributed by atoms with Crippen molar-refractivity contribution in [2.75, 3.05) is 5.32 Å². The number of carbonyl (C=O) groups excluding carboxylic acids is 1. The summed E-state index contributed by atoms with van der Waals surface area (Å²) >= 11 is 6.07. The zero-order valence-electron chi connectivity index (χ0n) is 17.5. The third-order valence-corrected chi connectivity index (χ3v) is 5.34. The van der Waals surface area contributed by atoms with Crippen molar-refractivity contribution < 1.29 is 9.21 Å². The standard InChI is InChI=1S/C23H22ClN5O2/c1-4-16-8-5-6-11-19(16)25-22(30)21-14(2)29(28-27-21)13-20-15(3)31-23(26-20)17-9-7-10-18(24)12-17/h5-12H,4,13H2,1-3H3,(H,25,30). The monoisotopic (exact) mass is 435 g/mol. The van der Waals surface area contributed by atoms with Gasteiger partial charge in [-0.05, 0) is 50.1 Å². The molecular weight excluding hydrogens is 414 g/mol. The highest BCUT2D eigenvalue weighted by Gasteiger charge is 2.20. The van der Waals surface area contributed by atoms with Crippen LogP contribution in [-0.4, -0.2) is 25.9 Å². The SMILES string of the molecule is CCc1ccccc1NC(=O)c1nnn(Cc2nc(-c3cccc(Cl)c3)oc2C)c1C. The van der Waals surface area contributed by atoms with E-state index in [1.54, 1.807) is 16.8 Å². The van der Waals surface area contributed by atoms with Gasteiger partial charge in [0.2, 0.25) is 5.89 Å². The average molecular weight is 436 g/mol. The number of anilines is 1. The largest absolute Gasteiger partial charge is 0.441 e. The average Bonchev–Trinajstić information content (AvgIpc) is 3.31. The van der Waals surface area contributed by atoms with E-state index >= 15 is 0 Å². The number of hydrogen-bond acceptors (Lipinski definition) is 5. The summed E-state index contributed by atoms with van der Waals surface area (Å²) in [6.07, 6.45) is 0.822. The summed E-state index contributed by atoms with van der Waals surface area (Å²) in [6.45, 7) is 6.05. The van der Waals surface area contributed by atoms with E-state index in [9.17, 15) is 4.79 Å². The van der Waals surface area contributed by atoms with Crippen molar-refractivity contribution in [3.8, 4) is 11.5 Å². The molecule has 0 bridgehead atoms. The molecule has 158 valence electrons. The lowest BCUT2D eigenvalue weighted by atomic mass is 10.1. The van der Waals surface area contributed by atoms with E-state index in [1.807, 2.05) is 57.2 Å². The predicted molar refractivity (Wildman–Crippen MR) is 119 cm³/mol. The van der Waals surface area contributed by atoms with Crippen LogP contribution < -0.4 is 5.32 Å². The molecule has 1 N–H and O–H groups in total. The van der Waals surface area contributed by atoms with Gasteiger partial charge in [0.05, 0.1) is 12.2 Å². The molecule has 0 aliphatic rings. The predicted octanol–water partition coefficient (Wildman–Crippen LogP) is 5.07. The van der Waals surface area contributed by atoms with Crippen LogP contribution in [0.1, 0.15) is 40.1 Å². The molecule has 0 saturated heterocycles. The normalized spacial score (nSPS) is 11.0. The van der Waals surface area contributed by atoms with E-state index in [-0.39, 0.29) is 11.6 Å². The number of amides is 1. The van der Waals surface area contributed by atoms with Crippen molar-refractivity contribution in [3.05, 3.63) is 82.0 Å². The first-order valence-corrected chi connectivity index (χ1v) is 10.4. The Morgan fingerprint density at radius 2 is 1.97 bits per heavy atom. The maximum absolute atomic E-state index is 12.8. The van der Waals surface area contributed by atoms with E-state index in [0.717, 1.165) is 23.2 Å². The first-order chi connectivity index (χ1) is 15.0. The lowest BCUT2D eigenvalue weighted by molar-refractivity contribution is 0.102. The van der Waals surface area contributed by atoms with Gasteiger partial charge in [0.1, 0.15) is 11.5 Å². The van der Waals surface area contributed by atoms with Gasteiger partial charge in [-0.25, -0.2) is 9.67 Å². The van der Waals surface area contributed by atoms with Gasteiger partial charge in [-0.1, -0.05) is 48.0 Å². The molecule has 31 heavy (non-hydrogen) atoms. The number of aryl methyl sites for hydroxylation is 2. The summed E-state index contributed by atoms with van der Waals surface area (Å²) in [6, 6.07) is 15.0. The van der Waals surface area contributed by atoms with Gasteiger partial charge >= 0.3 is 0 Å². The Morgan fingerprint density at radius 3 is 2.74 bits per heavy atom. The van der Waals surface area contributed by atoms with Gasteiger partial charge < -0.3 is 9.73 Å². The van der Waals surface area contributed by atoms with Crippen molar-refractivity contribution >= 4 is 23.2 Å². The third kappa shape index (κ3) is 4.36. The number of para-hydroxylation sites is 1. The second-order valence-electron chi connectivity index (χ2n) is 7.18. The molecule has 4 rings (SSSR count). The molecule has 0 radical (unpaired) electrons. The van der Waals surface area contributed by atoms with Gasteiger partial charge in [0, 0.05) is 16.3 Å². The van der Waals surface area contributed by atoms with Crippen LogP contribution >= 0.6 is 11.6 Å². The molecule has 7 nitrogen and oxygen atoms in total. The lowest BCUT2D eigenvalue weighted by Crippen LogP contribution is -2.15. The zero-order chi connectivity index (χ0) is 22.0. The number of carbonyl (C=O) groups is 1. The van der Waals surface area contributed by atoms with E-state index in [1.165, 1.54) is 0 Å². The van der Waals surface area contributed by atoms with E-state index in [2.05, 4.69) is 20.6 Å². The van der Waals surface area contributed by atoms with Crippen molar-refractivity contribution in [2.45, 2.75) is 33.7 Å². The fourth-order valence-corrected chi connectivity index (χ4v) is 3.50. The molecule has 8 heteroatoms. The Kier molecular flexibility index (Phi) is 5.86. The van der Waals surface area contributed by atoms with Gasteiger partial charge in [-0.15, -0.1) is 5.10 Å². The quantitative estimate of drug-likeness (QED) is 0.457. The molecule has 0 aliphatic carbocycles. The number of oxazole rings is 1. The van der Waals surface area contributed by atoms with Gasteiger partial charge in [0.15, 0.2) is 5.69 Å². The van der Waals surface area contributed by atoms with Crippen LogP contribution in [0.5, 0.6) is 0 Å². The van der Waals surface area contributed by atoms with Crippen LogP contribution in [0, 0.1) is 13.8 Å². The number of rotatable bonds is 6. The molecule has 0 atom stereocenters. The second kappa shape index (κ2) is 8.73. The molecule has 0 unspecified atom stereocenters. The summed E-state index contributed by atoms with van der Waals surface area (Å²) in [5.74, 6) is 0.871. The molecule has 4 aromatic rings. The summed E-state index contributed by atoms with van der Waals surface area (Å²) in [5, 5.41) is 11.8.